The molecule has 5 N–H and O–H groups in total. The molecule has 1 aliphatic heterocycles. The van der Waals surface area contributed by atoms with Crippen LogP contribution in [0.5, 0.6) is 0 Å². The zero-order valence-electron chi connectivity index (χ0n) is 18.0. The highest BCUT2D eigenvalue weighted by atomic mass is 35.5. The van der Waals surface area contributed by atoms with E-state index in [1.165, 1.54) is 5.32 Å². The number of alkyl halides is 2. The number of fused-ring (bicyclic) bond motifs is 1. The van der Waals surface area contributed by atoms with Crippen LogP contribution in [0.25, 0.3) is 22.2 Å². The van der Waals surface area contributed by atoms with E-state index in [0.717, 1.165) is 35.7 Å². The number of nitrogens with two attached hydrogens (primary N) is 1. The van der Waals surface area contributed by atoms with Crippen molar-refractivity contribution in [2.45, 2.75) is 56.2 Å². The number of rotatable bonds is 5. The van der Waals surface area contributed by atoms with Crippen LogP contribution in [0, 0.1) is 0 Å². The summed E-state index contributed by atoms with van der Waals surface area (Å²) in [5.41, 5.74) is 2.55. The van der Waals surface area contributed by atoms with E-state index in [1.807, 2.05) is 30.5 Å². The molecule has 1 saturated carbocycles. The zero-order chi connectivity index (χ0) is 23.0. The van der Waals surface area contributed by atoms with E-state index in [9.17, 15) is 13.6 Å². The van der Waals surface area contributed by atoms with E-state index in [-0.39, 0.29) is 24.5 Å². The molecule has 1 aliphatic carbocycles. The van der Waals surface area contributed by atoms with E-state index in [4.69, 9.17) is 11.6 Å². The molecule has 3 heterocycles. The van der Waals surface area contributed by atoms with E-state index in [1.54, 1.807) is 6.20 Å². The average Bonchev–Trinajstić information content (AvgIpc) is 3.38. The number of para-hydroxylation sites is 1. The van der Waals surface area contributed by atoms with Crippen molar-refractivity contribution >= 4 is 34.4 Å². The number of halogens is 3. The molecule has 5 rings (SSSR count). The van der Waals surface area contributed by atoms with Crippen molar-refractivity contribution in [3.8, 4) is 11.3 Å². The molecule has 174 valence electrons. The van der Waals surface area contributed by atoms with Crippen molar-refractivity contribution in [3.05, 3.63) is 41.7 Å². The lowest BCUT2D eigenvalue weighted by Crippen LogP contribution is -2.90. The van der Waals surface area contributed by atoms with Crippen LogP contribution < -0.4 is 16.0 Å². The van der Waals surface area contributed by atoms with Crippen LogP contribution in [0.3, 0.4) is 0 Å². The molecule has 3 unspecified atom stereocenters. The Labute approximate surface area is 194 Å². The molecule has 7 nitrogen and oxygen atoms in total. The summed E-state index contributed by atoms with van der Waals surface area (Å²) < 4.78 is 26.9. The van der Waals surface area contributed by atoms with Crippen molar-refractivity contribution in [2.24, 2.45) is 0 Å². The summed E-state index contributed by atoms with van der Waals surface area (Å²) in [7, 11) is 0. The largest absolute Gasteiger partial charge is 0.360 e. The van der Waals surface area contributed by atoms with Gasteiger partial charge in [-0.2, -0.15) is 0 Å². The summed E-state index contributed by atoms with van der Waals surface area (Å²) in [6.07, 6.45) is 6.41. The Bertz CT molecular complexity index is 1170. The van der Waals surface area contributed by atoms with Crippen LogP contribution in [0.2, 0.25) is 5.02 Å². The fourth-order valence-electron chi connectivity index (χ4n) is 4.84. The van der Waals surface area contributed by atoms with Crippen LogP contribution in [0.1, 0.15) is 32.1 Å². The van der Waals surface area contributed by atoms with Gasteiger partial charge in [0.2, 0.25) is 5.95 Å². The van der Waals surface area contributed by atoms with E-state index in [2.05, 4.69) is 25.6 Å². The van der Waals surface area contributed by atoms with Gasteiger partial charge in [0.25, 0.3) is 5.91 Å². The maximum absolute atomic E-state index is 13.4. The van der Waals surface area contributed by atoms with E-state index < -0.39 is 18.4 Å². The number of amides is 1. The number of H-pyrrole nitrogens is 1. The minimum Gasteiger partial charge on any atom is -0.360 e. The van der Waals surface area contributed by atoms with Gasteiger partial charge in [-0.25, -0.2) is 18.7 Å². The first-order valence-corrected chi connectivity index (χ1v) is 11.6. The molecule has 2 fully saturated rings. The molecule has 0 spiro atoms. The molecule has 1 aromatic carbocycles. The summed E-state index contributed by atoms with van der Waals surface area (Å²) >= 11 is 6.42. The van der Waals surface area contributed by atoms with Crippen molar-refractivity contribution in [2.75, 3.05) is 11.9 Å². The van der Waals surface area contributed by atoms with E-state index in [0.29, 0.717) is 23.1 Å². The number of nitrogens with zero attached hydrogens (tertiary/aromatic N) is 2. The Hall–Kier alpha value is -2.78. The molecule has 3 atom stereocenters. The lowest BCUT2D eigenvalue weighted by atomic mass is 9.90. The highest BCUT2D eigenvalue weighted by Gasteiger charge is 2.46. The molecular weight excluding hydrogens is 450 g/mol. The maximum Gasteiger partial charge on any atom is 0.301 e. The lowest BCUT2D eigenvalue weighted by molar-refractivity contribution is -0.663. The number of anilines is 1. The fourth-order valence-corrected chi connectivity index (χ4v) is 5.03. The topological polar surface area (TPSA) is 99.3 Å². The molecule has 0 bridgehead atoms. The number of benzene rings is 1. The highest BCUT2D eigenvalue weighted by Crippen LogP contribution is 2.32. The molecule has 10 heteroatoms. The smallest absolute Gasteiger partial charge is 0.301 e. The second-order valence-electron chi connectivity index (χ2n) is 8.96. The Morgan fingerprint density at radius 1 is 1.24 bits per heavy atom. The van der Waals surface area contributed by atoms with Crippen LogP contribution in [0.4, 0.5) is 14.7 Å². The predicted octanol–water partition coefficient (Wildman–Crippen LogP) is 3.09. The molecule has 1 amide bonds. The number of aromatic nitrogens is 3. The number of nitrogens with one attached hydrogen (secondary N) is 3. The number of hydrogen-bond acceptors (Lipinski definition) is 4. The molecular formula is C23H26ClF2N6O+. The Balaban J connectivity index is 1.26. The summed E-state index contributed by atoms with van der Waals surface area (Å²) in [4.78, 5) is 24.7. The average molecular weight is 476 g/mol. The van der Waals surface area contributed by atoms with Crippen LogP contribution >= 0.6 is 11.6 Å². The van der Waals surface area contributed by atoms with Crippen molar-refractivity contribution in [1.29, 1.82) is 0 Å². The van der Waals surface area contributed by atoms with Crippen LogP contribution in [-0.2, 0) is 4.79 Å². The minimum absolute atomic E-state index is 0.0632. The number of carbonyl (C=O) groups excluding carboxylic acids is 1. The molecule has 3 aromatic rings. The van der Waals surface area contributed by atoms with Gasteiger partial charge in [-0.15, -0.1) is 0 Å². The van der Waals surface area contributed by atoms with Gasteiger partial charge in [-0.1, -0.05) is 29.8 Å². The number of hydrogen-bond donors (Lipinski definition) is 4. The second-order valence-corrected chi connectivity index (χ2v) is 9.37. The summed E-state index contributed by atoms with van der Waals surface area (Å²) in [5, 5.41) is 9.26. The first-order valence-electron chi connectivity index (χ1n) is 11.2. The van der Waals surface area contributed by atoms with Crippen molar-refractivity contribution in [3.63, 3.8) is 0 Å². The minimum atomic E-state index is -2.77. The van der Waals surface area contributed by atoms with Gasteiger partial charge < -0.3 is 20.9 Å². The van der Waals surface area contributed by atoms with Crippen LogP contribution in [0.15, 0.2) is 36.7 Å². The maximum atomic E-state index is 13.4. The van der Waals surface area contributed by atoms with Gasteiger partial charge in [-0.3, -0.25) is 4.79 Å². The number of quaternary nitrogens is 1. The van der Waals surface area contributed by atoms with Crippen molar-refractivity contribution in [1.82, 2.24) is 20.3 Å². The van der Waals surface area contributed by atoms with Gasteiger partial charge in [0, 0.05) is 34.7 Å². The monoisotopic (exact) mass is 475 g/mol. The number of carbonyl (C=O) groups is 1. The summed E-state index contributed by atoms with van der Waals surface area (Å²) in [6.45, 7) is -0.327. The normalized spacial score (nSPS) is 24.6. The second kappa shape index (κ2) is 8.87. The van der Waals surface area contributed by atoms with Gasteiger partial charge in [0.05, 0.1) is 23.3 Å². The Morgan fingerprint density at radius 3 is 2.88 bits per heavy atom. The third-order valence-corrected chi connectivity index (χ3v) is 6.78. The van der Waals surface area contributed by atoms with Gasteiger partial charge >= 0.3 is 5.92 Å². The van der Waals surface area contributed by atoms with Gasteiger partial charge in [-0.05, 0) is 31.7 Å². The number of aromatic amines is 1. The standard InChI is InChI=1S/C23H25ClF2N6O/c24-17-11-28-22(32-20(17)16-10-27-18-7-2-1-6-15(16)18)31-14-5-3-4-13(8-14)30-21(33)19-9-23(25,26)12-29-19/h1-2,6-7,10-11,13-14,19,27,29H,3-5,8-9,12H2,(H,30,33)(H,28,31,32)/p+1. The molecule has 2 aromatic heterocycles. The third kappa shape index (κ3) is 4.79. The Kier molecular flexibility index (Phi) is 5.92. The zero-order valence-corrected chi connectivity index (χ0v) is 18.7. The molecule has 33 heavy (non-hydrogen) atoms. The van der Waals surface area contributed by atoms with Gasteiger partial charge in [0.1, 0.15) is 6.54 Å². The molecule has 2 aliphatic rings. The highest BCUT2D eigenvalue weighted by molar-refractivity contribution is 6.33. The van der Waals surface area contributed by atoms with Crippen LogP contribution in [-0.4, -0.2) is 51.5 Å². The summed E-state index contributed by atoms with van der Waals surface area (Å²) in [6, 6.07) is 7.22. The SMILES string of the molecule is O=C(NC1CCCC(Nc2ncc(Cl)c(-c3c[nH]c4ccccc34)n2)C1)C1CC(F)(F)C[NH2+]1. The molecule has 1 saturated heterocycles. The first kappa shape index (κ1) is 22.0. The van der Waals surface area contributed by atoms with E-state index >= 15 is 0 Å². The first-order chi connectivity index (χ1) is 15.9. The van der Waals surface area contributed by atoms with Crippen molar-refractivity contribution < 1.29 is 18.9 Å². The Morgan fingerprint density at radius 2 is 2.06 bits per heavy atom. The van der Waals surface area contributed by atoms with Gasteiger partial charge in [0.15, 0.2) is 6.04 Å². The molecule has 0 radical (unpaired) electrons. The fraction of sp³-hybridized carbons (Fsp3) is 0.435. The lowest BCUT2D eigenvalue weighted by Gasteiger charge is -2.30. The quantitative estimate of drug-likeness (QED) is 0.455. The predicted molar refractivity (Wildman–Crippen MR) is 122 cm³/mol. The third-order valence-electron chi connectivity index (χ3n) is 6.50. The summed E-state index contributed by atoms with van der Waals surface area (Å²) in [5.74, 6) is -2.60.